The van der Waals surface area contributed by atoms with Gasteiger partial charge in [0.1, 0.15) is 5.75 Å². The van der Waals surface area contributed by atoms with Crippen molar-refractivity contribution in [2.75, 3.05) is 0 Å². The van der Waals surface area contributed by atoms with E-state index in [0.717, 1.165) is 5.69 Å². The molecule has 1 heterocycles. The topological polar surface area (TPSA) is 81.7 Å². The number of ether oxygens (including phenoxy) is 1. The van der Waals surface area contributed by atoms with Crippen molar-refractivity contribution in [3.63, 3.8) is 0 Å². The number of rotatable bonds is 3. The van der Waals surface area contributed by atoms with Crippen LogP contribution in [0.3, 0.4) is 0 Å². The maximum atomic E-state index is 11.5. The van der Waals surface area contributed by atoms with Crippen molar-refractivity contribution in [2.45, 2.75) is 13.3 Å². The van der Waals surface area contributed by atoms with Crippen molar-refractivity contribution in [3.05, 3.63) is 45.9 Å². The molecule has 86 valence electrons. The first kappa shape index (κ1) is 11.0. The molecule has 0 aliphatic rings. The van der Waals surface area contributed by atoms with Crippen LogP contribution in [-0.2, 0) is 6.42 Å². The lowest BCUT2D eigenvalue weighted by atomic mass is 10.2. The smallest absolute Gasteiger partial charge is 0.307 e. The molecule has 2 rings (SSSR count). The Hall–Kier alpha value is -2.48. The summed E-state index contributed by atoms with van der Waals surface area (Å²) in [5.74, 6) is 0.806. The van der Waals surface area contributed by atoms with Crippen molar-refractivity contribution >= 4 is 0 Å². The van der Waals surface area contributed by atoms with Crippen molar-refractivity contribution in [1.29, 1.82) is 5.26 Å². The van der Waals surface area contributed by atoms with Crippen LogP contribution in [-0.4, -0.2) is 10.2 Å². The number of nitriles is 1. The summed E-state index contributed by atoms with van der Waals surface area (Å²) < 4.78 is 5.49. The minimum atomic E-state index is -0.286. The lowest BCUT2D eigenvalue weighted by Gasteiger charge is -2.03. The van der Waals surface area contributed by atoms with Gasteiger partial charge in [-0.05, 0) is 30.7 Å². The fourth-order valence-electron chi connectivity index (χ4n) is 1.46. The normalized spacial score (nSPS) is 9.88. The minimum Gasteiger partial charge on any atom is -0.450 e. The van der Waals surface area contributed by atoms with Gasteiger partial charge in [0.15, 0.2) is 0 Å². The van der Waals surface area contributed by atoms with Gasteiger partial charge >= 0.3 is 5.56 Å². The molecule has 5 heteroatoms. The van der Waals surface area contributed by atoms with E-state index in [1.54, 1.807) is 24.3 Å². The highest BCUT2D eigenvalue weighted by Crippen LogP contribution is 2.21. The largest absolute Gasteiger partial charge is 0.450 e. The van der Waals surface area contributed by atoms with Gasteiger partial charge in [-0.3, -0.25) is 15.0 Å². The van der Waals surface area contributed by atoms with Gasteiger partial charge in [-0.15, -0.1) is 0 Å². The number of hydrogen-bond acceptors (Lipinski definition) is 3. The molecule has 0 fully saturated rings. The number of hydrogen-bond donors (Lipinski definition) is 2. The van der Waals surface area contributed by atoms with Gasteiger partial charge in [0.25, 0.3) is 0 Å². The summed E-state index contributed by atoms with van der Waals surface area (Å²) >= 11 is 0. The number of aromatic nitrogens is 2. The number of aromatic amines is 2. The summed E-state index contributed by atoms with van der Waals surface area (Å²) in [7, 11) is 0. The molecule has 0 unspecified atom stereocenters. The number of benzene rings is 1. The first-order chi connectivity index (χ1) is 8.24. The predicted octanol–water partition coefficient (Wildman–Crippen LogP) is 1.93. The molecule has 0 aliphatic carbocycles. The van der Waals surface area contributed by atoms with E-state index in [2.05, 4.69) is 10.2 Å². The van der Waals surface area contributed by atoms with Gasteiger partial charge < -0.3 is 4.74 Å². The highest BCUT2D eigenvalue weighted by atomic mass is 16.5. The SMILES string of the molecule is CCc1[nH][nH]c(=O)c1Oc1ccc(C#N)cc1. The van der Waals surface area contributed by atoms with Gasteiger partial charge in [0, 0.05) is 0 Å². The van der Waals surface area contributed by atoms with Crippen LogP contribution in [0.2, 0.25) is 0 Å². The molecule has 17 heavy (non-hydrogen) atoms. The zero-order valence-electron chi connectivity index (χ0n) is 9.28. The Morgan fingerprint density at radius 2 is 2.00 bits per heavy atom. The minimum absolute atomic E-state index is 0.275. The fraction of sp³-hybridized carbons (Fsp3) is 0.167. The summed E-state index contributed by atoms with van der Waals surface area (Å²) in [5, 5.41) is 13.9. The summed E-state index contributed by atoms with van der Waals surface area (Å²) in [4.78, 5) is 11.5. The van der Waals surface area contributed by atoms with Crippen molar-refractivity contribution in [2.24, 2.45) is 0 Å². The number of aryl methyl sites for hydroxylation is 1. The highest BCUT2D eigenvalue weighted by Gasteiger charge is 2.10. The van der Waals surface area contributed by atoms with E-state index < -0.39 is 0 Å². The first-order valence-electron chi connectivity index (χ1n) is 5.22. The lowest BCUT2D eigenvalue weighted by molar-refractivity contribution is 0.472. The first-order valence-corrected chi connectivity index (χ1v) is 5.22. The molecule has 0 atom stereocenters. The Balaban J connectivity index is 2.28. The predicted molar refractivity (Wildman–Crippen MR) is 62.0 cm³/mol. The van der Waals surface area contributed by atoms with Crippen molar-refractivity contribution in [1.82, 2.24) is 10.2 Å². The molecule has 0 spiro atoms. The van der Waals surface area contributed by atoms with Crippen LogP contribution in [0.1, 0.15) is 18.2 Å². The molecule has 2 N–H and O–H groups in total. The van der Waals surface area contributed by atoms with Gasteiger partial charge in [-0.1, -0.05) is 6.92 Å². The molecule has 5 nitrogen and oxygen atoms in total. The maximum absolute atomic E-state index is 11.5. The third kappa shape index (κ3) is 2.21. The van der Waals surface area contributed by atoms with Crippen LogP contribution in [0, 0.1) is 11.3 Å². The molecule has 0 bridgehead atoms. The average Bonchev–Trinajstić information content (AvgIpc) is 2.71. The summed E-state index contributed by atoms with van der Waals surface area (Å²) in [5.41, 5.74) is 0.988. The molecular weight excluding hydrogens is 218 g/mol. The third-order valence-electron chi connectivity index (χ3n) is 2.36. The van der Waals surface area contributed by atoms with Crippen molar-refractivity contribution < 1.29 is 4.74 Å². The second-order valence-corrected chi connectivity index (χ2v) is 3.48. The van der Waals surface area contributed by atoms with Crippen LogP contribution < -0.4 is 10.3 Å². The Morgan fingerprint density at radius 1 is 1.29 bits per heavy atom. The Morgan fingerprint density at radius 3 is 2.59 bits per heavy atom. The van der Waals surface area contributed by atoms with Crippen LogP contribution >= 0.6 is 0 Å². The average molecular weight is 229 g/mol. The lowest BCUT2D eigenvalue weighted by Crippen LogP contribution is -2.02. The molecule has 2 aromatic rings. The van der Waals surface area contributed by atoms with Gasteiger partial charge in [0.2, 0.25) is 5.75 Å². The van der Waals surface area contributed by atoms with Crippen LogP contribution in [0.5, 0.6) is 11.5 Å². The third-order valence-corrected chi connectivity index (χ3v) is 2.36. The van der Waals surface area contributed by atoms with E-state index in [0.29, 0.717) is 17.7 Å². The van der Waals surface area contributed by atoms with E-state index >= 15 is 0 Å². The zero-order chi connectivity index (χ0) is 12.3. The highest BCUT2D eigenvalue weighted by molar-refractivity contribution is 5.37. The molecule has 0 amide bonds. The molecule has 0 saturated carbocycles. The molecular formula is C12H11N3O2. The fourth-order valence-corrected chi connectivity index (χ4v) is 1.46. The number of H-pyrrole nitrogens is 2. The quantitative estimate of drug-likeness (QED) is 0.843. The summed E-state index contributed by atoms with van der Waals surface area (Å²) in [6.45, 7) is 1.92. The Kier molecular flexibility index (Phi) is 2.97. The molecule has 0 saturated heterocycles. The monoisotopic (exact) mass is 229 g/mol. The van der Waals surface area contributed by atoms with Crippen LogP contribution in [0.15, 0.2) is 29.1 Å². The molecule has 1 aromatic heterocycles. The molecule has 0 aliphatic heterocycles. The van der Waals surface area contributed by atoms with E-state index in [1.807, 2.05) is 13.0 Å². The van der Waals surface area contributed by atoms with Crippen molar-refractivity contribution in [3.8, 4) is 17.6 Å². The number of nitrogens with one attached hydrogen (secondary N) is 2. The Bertz CT molecular complexity index is 602. The number of nitrogens with zero attached hydrogens (tertiary/aromatic N) is 1. The van der Waals surface area contributed by atoms with Crippen LogP contribution in [0.25, 0.3) is 0 Å². The van der Waals surface area contributed by atoms with E-state index in [9.17, 15) is 4.79 Å². The summed E-state index contributed by atoms with van der Waals surface area (Å²) in [6.07, 6.45) is 0.671. The van der Waals surface area contributed by atoms with E-state index in [1.165, 1.54) is 0 Å². The second-order valence-electron chi connectivity index (χ2n) is 3.48. The molecule has 1 aromatic carbocycles. The molecule has 0 radical (unpaired) electrons. The standard InChI is InChI=1S/C12H11N3O2/c1-2-10-11(12(16)15-14-10)17-9-5-3-8(7-13)4-6-9/h3-6H,2H2,1H3,(H2,14,15,16). The van der Waals surface area contributed by atoms with Gasteiger partial charge in [-0.25, -0.2) is 0 Å². The maximum Gasteiger partial charge on any atom is 0.307 e. The second kappa shape index (κ2) is 4.58. The van der Waals surface area contributed by atoms with E-state index in [4.69, 9.17) is 10.00 Å². The van der Waals surface area contributed by atoms with Gasteiger partial charge in [0.05, 0.1) is 17.3 Å². The van der Waals surface area contributed by atoms with Crippen LogP contribution in [0.4, 0.5) is 0 Å². The zero-order valence-corrected chi connectivity index (χ0v) is 9.28. The Labute approximate surface area is 97.6 Å². The van der Waals surface area contributed by atoms with Gasteiger partial charge in [-0.2, -0.15) is 5.26 Å². The van der Waals surface area contributed by atoms with E-state index in [-0.39, 0.29) is 11.3 Å². The summed E-state index contributed by atoms with van der Waals surface area (Å²) in [6, 6.07) is 8.61.